The van der Waals surface area contributed by atoms with Gasteiger partial charge in [0.1, 0.15) is 5.82 Å². The van der Waals surface area contributed by atoms with Gasteiger partial charge in [-0.25, -0.2) is 4.98 Å². The lowest BCUT2D eigenvalue weighted by atomic mass is 10.00. The van der Waals surface area contributed by atoms with Crippen LogP contribution in [0, 0.1) is 5.92 Å². The maximum atomic E-state index is 12.3. The molecule has 0 spiro atoms. The number of amides is 1. The van der Waals surface area contributed by atoms with Gasteiger partial charge in [0.05, 0.1) is 0 Å². The van der Waals surface area contributed by atoms with Crippen molar-refractivity contribution >= 4 is 11.7 Å². The van der Waals surface area contributed by atoms with Gasteiger partial charge in [0, 0.05) is 49.5 Å². The number of nitrogens with zero attached hydrogens (tertiary/aromatic N) is 2. The van der Waals surface area contributed by atoms with Gasteiger partial charge >= 0.3 is 0 Å². The first-order valence-corrected chi connectivity index (χ1v) is 9.61. The van der Waals surface area contributed by atoms with Gasteiger partial charge in [-0.3, -0.25) is 9.59 Å². The summed E-state index contributed by atoms with van der Waals surface area (Å²) in [5, 5.41) is 2.93. The molecule has 1 fully saturated rings. The van der Waals surface area contributed by atoms with Crippen molar-refractivity contribution in [3.63, 3.8) is 0 Å². The molecule has 1 saturated carbocycles. The first-order valence-electron chi connectivity index (χ1n) is 9.61. The standard InChI is InChI=1S/C23H23N3O2/c1-26-15-14-24-21(26)12-13-25-23(28)20-10-4-17(5-11-20)16-2-6-18(7-3-16)22(27)19-8-9-19/h2-7,10-11,14-15,19H,8-9,12-13H2,1H3,(H,25,28). The molecule has 5 heteroatoms. The molecule has 4 rings (SSSR count). The third-order valence-corrected chi connectivity index (χ3v) is 5.15. The van der Waals surface area contributed by atoms with Gasteiger partial charge in [-0.05, 0) is 36.1 Å². The molecule has 1 aliphatic rings. The number of hydrogen-bond donors (Lipinski definition) is 1. The Kier molecular flexibility index (Phi) is 5.06. The Morgan fingerprint density at radius 3 is 2.14 bits per heavy atom. The number of aromatic nitrogens is 2. The molecular weight excluding hydrogens is 350 g/mol. The fourth-order valence-corrected chi connectivity index (χ4v) is 3.25. The number of rotatable bonds is 7. The quantitative estimate of drug-likeness (QED) is 0.643. The number of carbonyl (C=O) groups is 2. The van der Waals surface area contributed by atoms with Gasteiger partial charge in [-0.15, -0.1) is 0 Å². The topological polar surface area (TPSA) is 64.0 Å². The summed E-state index contributed by atoms with van der Waals surface area (Å²) in [6, 6.07) is 15.3. The van der Waals surface area contributed by atoms with E-state index in [0.717, 1.165) is 35.4 Å². The van der Waals surface area contributed by atoms with Gasteiger partial charge < -0.3 is 9.88 Å². The fourth-order valence-electron chi connectivity index (χ4n) is 3.25. The molecule has 0 atom stereocenters. The third-order valence-electron chi connectivity index (χ3n) is 5.15. The fraction of sp³-hybridized carbons (Fsp3) is 0.261. The molecule has 3 aromatic rings. The highest BCUT2D eigenvalue weighted by molar-refractivity contribution is 5.99. The second kappa shape index (κ2) is 7.80. The number of nitrogens with one attached hydrogen (secondary N) is 1. The Morgan fingerprint density at radius 2 is 1.61 bits per heavy atom. The second-order valence-electron chi connectivity index (χ2n) is 7.25. The molecule has 1 heterocycles. The lowest BCUT2D eigenvalue weighted by Crippen LogP contribution is -2.26. The van der Waals surface area contributed by atoms with Crippen molar-refractivity contribution in [3.05, 3.63) is 77.9 Å². The minimum atomic E-state index is -0.0915. The van der Waals surface area contributed by atoms with Crippen LogP contribution in [0.15, 0.2) is 60.9 Å². The number of carbonyl (C=O) groups excluding carboxylic acids is 2. The van der Waals surface area contributed by atoms with Crippen LogP contribution in [-0.4, -0.2) is 27.8 Å². The Morgan fingerprint density at radius 1 is 1.00 bits per heavy atom. The van der Waals surface area contributed by atoms with Crippen LogP contribution in [0.5, 0.6) is 0 Å². The summed E-state index contributed by atoms with van der Waals surface area (Å²) >= 11 is 0. The van der Waals surface area contributed by atoms with Crippen LogP contribution in [0.4, 0.5) is 0 Å². The number of benzene rings is 2. The van der Waals surface area contributed by atoms with E-state index in [-0.39, 0.29) is 17.6 Å². The molecule has 28 heavy (non-hydrogen) atoms. The van der Waals surface area contributed by atoms with E-state index >= 15 is 0 Å². The molecule has 1 amide bonds. The largest absolute Gasteiger partial charge is 0.352 e. The molecule has 0 aliphatic heterocycles. The third kappa shape index (κ3) is 4.03. The van der Waals surface area contributed by atoms with Crippen LogP contribution in [0.25, 0.3) is 11.1 Å². The lowest BCUT2D eigenvalue weighted by Gasteiger charge is -2.07. The average molecular weight is 373 g/mol. The second-order valence-corrected chi connectivity index (χ2v) is 7.25. The highest BCUT2D eigenvalue weighted by Gasteiger charge is 2.30. The van der Waals surface area contributed by atoms with Gasteiger partial charge in [0.25, 0.3) is 5.91 Å². The lowest BCUT2D eigenvalue weighted by molar-refractivity contribution is 0.0950. The van der Waals surface area contributed by atoms with Gasteiger partial charge in [0.2, 0.25) is 0 Å². The normalized spacial score (nSPS) is 13.3. The minimum absolute atomic E-state index is 0.0915. The highest BCUT2D eigenvalue weighted by Crippen LogP contribution is 2.33. The highest BCUT2D eigenvalue weighted by atomic mass is 16.1. The predicted octanol–water partition coefficient (Wildman–Crippen LogP) is 3.65. The van der Waals surface area contributed by atoms with Crippen LogP contribution < -0.4 is 5.32 Å². The number of imidazole rings is 1. The Hall–Kier alpha value is -3.21. The van der Waals surface area contributed by atoms with Crippen LogP contribution >= 0.6 is 0 Å². The van der Waals surface area contributed by atoms with Crippen molar-refractivity contribution in [2.75, 3.05) is 6.54 Å². The van der Waals surface area contributed by atoms with E-state index in [9.17, 15) is 9.59 Å². The summed E-state index contributed by atoms with van der Waals surface area (Å²) in [4.78, 5) is 28.7. The Bertz CT molecular complexity index is 983. The molecule has 0 bridgehead atoms. The van der Waals surface area contributed by atoms with Crippen LogP contribution in [0.3, 0.4) is 0 Å². The summed E-state index contributed by atoms with van der Waals surface area (Å²) in [5.74, 6) is 1.34. The van der Waals surface area contributed by atoms with Gasteiger partial charge in [-0.1, -0.05) is 36.4 Å². The van der Waals surface area contributed by atoms with Crippen molar-refractivity contribution in [2.24, 2.45) is 13.0 Å². The summed E-state index contributed by atoms with van der Waals surface area (Å²) in [5.41, 5.74) is 3.48. The maximum absolute atomic E-state index is 12.3. The first kappa shape index (κ1) is 18.2. The summed E-state index contributed by atoms with van der Waals surface area (Å²) < 4.78 is 1.95. The molecule has 2 aromatic carbocycles. The summed E-state index contributed by atoms with van der Waals surface area (Å²) in [7, 11) is 1.94. The predicted molar refractivity (Wildman–Crippen MR) is 108 cm³/mol. The molecular formula is C23H23N3O2. The van der Waals surface area contributed by atoms with Crippen molar-refractivity contribution < 1.29 is 9.59 Å². The zero-order valence-electron chi connectivity index (χ0n) is 15.9. The van der Waals surface area contributed by atoms with Crippen LogP contribution in [0.1, 0.15) is 39.4 Å². The minimum Gasteiger partial charge on any atom is -0.352 e. The van der Waals surface area contributed by atoms with E-state index in [2.05, 4.69) is 10.3 Å². The van der Waals surface area contributed by atoms with Crippen molar-refractivity contribution in [2.45, 2.75) is 19.3 Å². The SMILES string of the molecule is Cn1ccnc1CCNC(=O)c1ccc(-c2ccc(C(=O)C3CC3)cc2)cc1. The number of hydrogen-bond acceptors (Lipinski definition) is 3. The van der Waals surface area contributed by atoms with Crippen LogP contribution in [0.2, 0.25) is 0 Å². The molecule has 1 aliphatic carbocycles. The molecule has 142 valence electrons. The van der Waals surface area contributed by atoms with Crippen LogP contribution in [-0.2, 0) is 13.5 Å². The zero-order valence-corrected chi connectivity index (χ0v) is 15.9. The van der Waals surface area contributed by atoms with E-state index in [1.54, 1.807) is 6.20 Å². The molecule has 1 N–H and O–H groups in total. The molecule has 1 aromatic heterocycles. The molecule has 0 unspecified atom stereocenters. The summed E-state index contributed by atoms with van der Waals surface area (Å²) in [6.07, 6.45) is 6.38. The average Bonchev–Trinajstić information content (AvgIpc) is 3.50. The first-order chi connectivity index (χ1) is 13.6. The molecule has 0 radical (unpaired) electrons. The number of Topliss-reactive ketones (excluding diaryl/α,β-unsaturated/α-hetero) is 1. The van der Waals surface area contributed by atoms with E-state index in [1.807, 2.05) is 66.3 Å². The Labute approximate surface area is 164 Å². The van der Waals surface area contributed by atoms with Crippen molar-refractivity contribution in [3.8, 4) is 11.1 Å². The Balaban J connectivity index is 1.35. The zero-order chi connectivity index (χ0) is 19.5. The van der Waals surface area contributed by atoms with E-state index in [4.69, 9.17) is 0 Å². The van der Waals surface area contributed by atoms with Gasteiger partial charge in [0.15, 0.2) is 5.78 Å². The van der Waals surface area contributed by atoms with Crippen molar-refractivity contribution in [1.82, 2.24) is 14.9 Å². The molecule has 5 nitrogen and oxygen atoms in total. The van der Waals surface area contributed by atoms with E-state index < -0.39 is 0 Å². The molecule has 0 saturated heterocycles. The van der Waals surface area contributed by atoms with E-state index in [1.165, 1.54) is 0 Å². The smallest absolute Gasteiger partial charge is 0.251 e. The maximum Gasteiger partial charge on any atom is 0.251 e. The van der Waals surface area contributed by atoms with E-state index in [0.29, 0.717) is 18.5 Å². The van der Waals surface area contributed by atoms with Gasteiger partial charge in [-0.2, -0.15) is 0 Å². The number of ketones is 1. The summed E-state index contributed by atoms with van der Waals surface area (Å²) in [6.45, 7) is 0.544. The monoisotopic (exact) mass is 373 g/mol. The van der Waals surface area contributed by atoms with Crippen molar-refractivity contribution in [1.29, 1.82) is 0 Å². The number of aryl methyl sites for hydroxylation is 1.